The average Bonchev–Trinajstić information content (AvgIpc) is 3.47. The molecule has 45 heavy (non-hydrogen) atoms. The predicted molar refractivity (Wildman–Crippen MR) is 188 cm³/mol. The van der Waals surface area contributed by atoms with Crippen molar-refractivity contribution < 1.29 is 0 Å². The fourth-order valence-electron chi connectivity index (χ4n) is 7.37. The molecular formula is C42H25N3. The third-order valence-corrected chi connectivity index (χ3v) is 9.28. The van der Waals surface area contributed by atoms with Crippen LogP contribution in [0.25, 0.3) is 93.4 Å². The van der Waals surface area contributed by atoms with Gasteiger partial charge in [-0.3, -0.25) is 0 Å². The van der Waals surface area contributed by atoms with Gasteiger partial charge in [0.25, 0.3) is 0 Å². The van der Waals surface area contributed by atoms with E-state index in [0.29, 0.717) is 0 Å². The number of fused-ring (bicyclic) bond motifs is 6. The summed E-state index contributed by atoms with van der Waals surface area (Å²) in [7, 11) is 0. The number of hydrogen-bond donors (Lipinski definition) is 0. The molecule has 0 spiro atoms. The largest absolute Gasteiger partial charge is 0.309 e. The van der Waals surface area contributed by atoms with Gasteiger partial charge in [0.2, 0.25) is 0 Å². The van der Waals surface area contributed by atoms with Crippen LogP contribution in [0.1, 0.15) is 0 Å². The minimum atomic E-state index is 0.726. The molecule has 0 fully saturated rings. The maximum absolute atomic E-state index is 5.28. The van der Waals surface area contributed by atoms with Gasteiger partial charge in [0, 0.05) is 38.4 Å². The molecule has 2 heterocycles. The van der Waals surface area contributed by atoms with Gasteiger partial charge in [-0.05, 0) is 63.3 Å². The Morgan fingerprint density at radius 3 is 1.82 bits per heavy atom. The van der Waals surface area contributed by atoms with Crippen molar-refractivity contribution in [3.05, 3.63) is 152 Å². The second-order valence-corrected chi connectivity index (χ2v) is 11.8. The summed E-state index contributed by atoms with van der Waals surface area (Å²) in [6.07, 6.45) is 0. The molecule has 3 heteroatoms. The van der Waals surface area contributed by atoms with Crippen LogP contribution in [0.3, 0.4) is 0 Å². The summed E-state index contributed by atoms with van der Waals surface area (Å²) in [5.41, 5.74) is 7.51. The molecular weight excluding hydrogens is 546 g/mol. The van der Waals surface area contributed by atoms with E-state index < -0.39 is 0 Å². The molecule has 0 aliphatic rings. The Morgan fingerprint density at radius 2 is 1.04 bits per heavy atom. The summed E-state index contributed by atoms with van der Waals surface area (Å²) >= 11 is 0. The predicted octanol–water partition coefficient (Wildman–Crippen LogP) is 11.0. The maximum Gasteiger partial charge on any atom is 0.160 e. The highest BCUT2D eigenvalue weighted by atomic mass is 15.0. The zero-order valence-electron chi connectivity index (χ0n) is 24.3. The van der Waals surface area contributed by atoms with E-state index in [1.54, 1.807) is 0 Å². The van der Waals surface area contributed by atoms with Gasteiger partial charge in [0.05, 0.1) is 22.2 Å². The van der Waals surface area contributed by atoms with Crippen LogP contribution in [0.4, 0.5) is 0 Å². The molecule has 0 radical (unpaired) electrons. The van der Waals surface area contributed by atoms with Crippen LogP contribution in [-0.4, -0.2) is 14.5 Å². The van der Waals surface area contributed by atoms with Crippen LogP contribution in [0.2, 0.25) is 0 Å². The number of benzene rings is 8. The van der Waals surface area contributed by atoms with Crippen molar-refractivity contribution in [1.82, 2.24) is 14.5 Å². The number of para-hydroxylation sites is 2. The Morgan fingerprint density at radius 1 is 0.422 bits per heavy atom. The first-order valence-corrected chi connectivity index (χ1v) is 15.4. The normalized spacial score (nSPS) is 12.0. The molecule has 0 bridgehead atoms. The van der Waals surface area contributed by atoms with Crippen molar-refractivity contribution in [3.63, 3.8) is 0 Å². The van der Waals surface area contributed by atoms with E-state index in [1.165, 1.54) is 48.6 Å². The molecule has 0 atom stereocenters. The summed E-state index contributed by atoms with van der Waals surface area (Å²) in [5, 5.41) is 11.1. The molecule has 10 rings (SSSR count). The maximum atomic E-state index is 5.28. The topological polar surface area (TPSA) is 30.7 Å². The van der Waals surface area contributed by atoms with E-state index in [4.69, 9.17) is 9.97 Å². The smallest absolute Gasteiger partial charge is 0.160 e. The fraction of sp³-hybridized carbons (Fsp3) is 0. The van der Waals surface area contributed by atoms with E-state index in [0.717, 1.165) is 44.8 Å². The molecule has 0 saturated carbocycles. The number of aromatic nitrogens is 3. The van der Waals surface area contributed by atoms with Gasteiger partial charge in [0.15, 0.2) is 5.82 Å². The third-order valence-electron chi connectivity index (χ3n) is 9.28. The Bertz CT molecular complexity index is 2740. The minimum Gasteiger partial charge on any atom is -0.309 e. The molecule has 0 aliphatic carbocycles. The van der Waals surface area contributed by atoms with Crippen LogP contribution in [-0.2, 0) is 0 Å². The number of hydrogen-bond acceptors (Lipinski definition) is 2. The van der Waals surface area contributed by atoms with Crippen LogP contribution in [0, 0.1) is 0 Å². The summed E-state index contributed by atoms with van der Waals surface area (Å²) in [6, 6.07) is 54.1. The van der Waals surface area contributed by atoms with Gasteiger partial charge < -0.3 is 4.57 Å². The van der Waals surface area contributed by atoms with Crippen molar-refractivity contribution in [3.8, 4) is 28.3 Å². The Kier molecular flexibility index (Phi) is 5.00. The van der Waals surface area contributed by atoms with Crippen molar-refractivity contribution in [2.45, 2.75) is 0 Å². The summed E-state index contributed by atoms with van der Waals surface area (Å²) in [4.78, 5) is 10.5. The Balaban J connectivity index is 1.42. The molecule has 10 aromatic rings. The molecule has 3 nitrogen and oxygen atoms in total. The lowest BCUT2D eigenvalue weighted by Crippen LogP contribution is -1.97. The van der Waals surface area contributed by atoms with Crippen LogP contribution in [0.5, 0.6) is 0 Å². The first kappa shape index (κ1) is 24.4. The minimum absolute atomic E-state index is 0.726. The van der Waals surface area contributed by atoms with Crippen molar-refractivity contribution >= 4 is 65.0 Å². The van der Waals surface area contributed by atoms with E-state index in [2.05, 4.69) is 150 Å². The zero-order chi connectivity index (χ0) is 29.5. The summed E-state index contributed by atoms with van der Waals surface area (Å²) < 4.78 is 2.45. The van der Waals surface area contributed by atoms with Crippen LogP contribution in [0.15, 0.2) is 152 Å². The quantitative estimate of drug-likeness (QED) is 0.156. The highest BCUT2D eigenvalue weighted by Crippen LogP contribution is 2.47. The second kappa shape index (κ2) is 9.22. The highest BCUT2D eigenvalue weighted by molar-refractivity contribution is 6.38. The van der Waals surface area contributed by atoms with Gasteiger partial charge in [-0.2, -0.15) is 0 Å². The Labute approximate surface area is 259 Å². The molecule has 208 valence electrons. The monoisotopic (exact) mass is 571 g/mol. The molecule has 0 N–H and O–H groups in total. The lowest BCUT2D eigenvalue weighted by atomic mass is 9.91. The second-order valence-electron chi connectivity index (χ2n) is 11.8. The van der Waals surface area contributed by atoms with Gasteiger partial charge in [-0.15, -0.1) is 0 Å². The molecule has 0 saturated heterocycles. The van der Waals surface area contributed by atoms with Crippen molar-refractivity contribution in [2.75, 3.05) is 0 Å². The summed E-state index contributed by atoms with van der Waals surface area (Å²) in [5.74, 6) is 0.726. The van der Waals surface area contributed by atoms with Gasteiger partial charge in [-0.25, -0.2) is 9.97 Å². The van der Waals surface area contributed by atoms with Crippen molar-refractivity contribution in [1.29, 1.82) is 0 Å². The highest BCUT2D eigenvalue weighted by Gasteiger charge is 2.23. The van der Waals surface area contributed by atoms with Crippen molar-refractivity contribution in [2.24, 2.45) is 0 Å². The van der Waals surface area contributed by atoms with E-state index in [1.807, 2.05) is 6.07 Å². The standard InChI is InChI=1S/C42H25N3/c1-3-13-26(14-4-1)40-33-21-11-12-22-36(33)43-42(44-40)28-24-34-31-19-9-10-20-32(31)35-23-27-15-7-8-18-30(27)41-39(35)38(34)37(25-28)45(41)29-16-5-2-6-17-29/h1-25H. The first-order valence-electron chi connectivity index (χ1n) is 15.4. The lowest BCUT2D eigenvalue weighted by Gasteiger charge is -2.13. The van der Waals surface area contributed by atoms with Gasteiger partial charge >= 0.3 is 0 Å². The van der Waals surface area contributed by atoms with Crippen LogP contribution >= 0.6 is 0 Å². The lowest BCUT2D eigenvalue weighted by molar-refractivity contribution is 1.18. The third kappa shape index (κ3) is 3.46. The zero-order valence-corrected chi connectivity index (χ0v) is 24.3. The molecule has 0 unspecified atom stereocenters. The van der Waals surface area contributed by atoms with Crippen LogP contribution < -0.4 is 0 Å². The fourth-order valence-corrected chi connectivity index (χ4v) is 7.37. The number of nitrogens with zero attached hydrogens (tertiary/aromatic N) is 3. The average molecular weight is 572 g/mol. The van der Waals surface area contributed by atoms with Gasteiger partial charge in [-0.1, -0.05) is 115 Å². The van der Waals surface area contributed by atoms with Gasteiger partial charge in [0.1, 0.15) is 0 Å². The molecule has 0 amide bonds. The molecule has 8 aromatic carbocycles. The first-order chi connectivity index (χ1) is 22.3. The van der Waals surface area contributed by atoms with E-state index in [-0.39, 0.29) is 0 Å². The SMILES string of the molecule is c1ccc(-c2nc(-c3cc4c5ccccc5c5cc6ccccc6c6c5c4c(c3)n6-c3ccccc3)nc3ccccc23)cc1. The summed E-state index contributed by atoms with van der Waals surface area (Å²) in [6.45, 7) is 0. The number of rotatable bonds is 3. The molecule has 0 aliphatic heterocycles. The van der Waals surface area contributed by atoms with E-state index in [9.17, 15) is 0 Å². The molecule has 2 aromatic heterocycles. The van der Waals surface area contributed by atoms with E-state index >= 15 is 0 Å². The Hall–Kier alpha value is -6.06.